The van der Waals surface area contributed by atoms with Crippen LogP contribution in [-0.4, -0.2) is 79.0 Å². The first-order valence-electron chi connectivity index (χ1n) is 6.91. The Morgan fingerprint density at radius 2 is 1.79 bits per heavy atom. The van der Waals surface area contributed by atoms with Crippen molar-refractivity contribution in [2.75, 3.05) is 6.61 Å². The minimum atomic E-state index is -2.32. The van der Waals surface area contributed by atoms with E-state index in [1.54, 1.807) is 0 Å². The summed E-state index contributed by atoms with van der Waals surface area (Å²) in [5.41, 5.74) is 0. The summed E-state index contributed by atoms with van der Waals surface area (Å²) in [7, 11) is 0. The monoisotopic (exact) mass is 342 g/mol. The molecule has 0 aliphatic heterocycles. The van der Waals surface area contributed by atoms with Crippen LogP contribution in [0.15, 0.2) is 36.1 Å². The van der Waals surface area contributed by atoms with Crippen LogP contribution in [0, 0.1) is 5.92 Å². The molecule has 24 heavy (non-hydrogen) atoms. The molecule has 9 nitrogen and oxygen atoms in total. The third-order valence-electron chi connectivity index (χ3n) is 3.31. The molecule has 1 rings (SSSR count). The van der Waals surface area contributed by atoms with Gasteiger partial charge >= 0.3 is 0 Å². The van der Waals surface area contributed by atoms with Crippen molar-refractivity contribution in [3.05, 3.63) is 36.1 Å². The largest absolute Gasteiger partial charge is 0.508 e. The summed E-state index contributed by atoms with van der Waals surface area (Å²) >= 11 is 0. The first-order valence-corrected chi connectivity index (χ1v) is 6.91. The van der Waals surface area contributed by atoms with Crippen LogP contribution in [0.25, 0.3) is 0 Å². The Balaban J connectivity index is 2.70. The zero-order valence-electron chi connectivity index (χ0n) is 12.4. The number of aliphatic hydroxyl groups excluding tert-OH is 6. The van der Waals surface area contributed by atoms with Gasteiger partial charge in [-0.05, 0) is 12.2 Å². The number of rotatable bonds is 8. The molecule has 1 aliphatic rings. The number of aliphatic hydroxyl groups is 6. The van der Waals surface area contributed by atoms with Crippen LogP contribution in [0.1, 0.15) is 0 Å². The van der Waals surface area contributed by atoms with Crippen molar-refractivity contribution in [1.29, 1.82) is 0 Å². The third-order valence-corrected chi connectivity index (χ3v) is 3.31. The van der Waals surface area contributed by atoms with Crippen molar-refractivity contribution in [3.8, 4) is 0 Å². The Kier molecular flexibility index (Phi) is 7.14. The summed E-state index contributed by atoms with van der Waals surface area (Å²) in [4.78, 5) is 34.9. The highest BCUT2D eigenvalue weighted by Crippen LogP contribution is 2.13. The van der Waals surface area contributed by atoms with Gasteiger partial charge in [0.05, 0.1) is 12.5 Å². The Bertz CT molecular complexity index is 590. The Morgan fingerprint density at radius 3 is 2.33 bits per heavy atom. The van der Waals surface area contributed by atoms with Gasteiger partial charge in [-0.3, -0.25) is 14.4 Å². The van der Waals surface area contributed by atoms with Crippen LogP contribution >= 0.6 is 0 Å². The highest BCUT2D eigenvalue weighted by molar-refractivity contribution is 6.43. The maximum atomic E-state index is 11.7. The van der Waals surface area contributed by atoms with Gasteiger partial charge in [0.15, 0.2) is 5.78 Å². The van der Waals surface area contributed by atoms with Crippen LogP contribution in [0.3, 0.4) is 0 Å². The van der Waals surface area contributed by atoms with Gasteiger partial charge in [0.1, 0.15) is 30.2 Å². The van der Waals surface area contributed by atoms with Gasteiger partial charge in [0, 0.05) is 6.08 Å². The molecule has 1 aliphatic carbocycles. The molecule has 132 valence electrons. The van der Waals surface area contributed by atoms with Crippen LogP contribution in [0.5, 0.6) is 0 Å². The maximum absolute atomic E-state index is 11.7. The smallest absolute Gasteiger partial charge is 0.233 e. The molecule has 0 bridgehead atoms. The van der Waals surface area contributed by atoms with E-state index >= 15 is 0 Å². The van der Waals surface area contributed by atoms with E-state index in [0.29, 0.717) is 0 Å². The van der Waals surface area contributed by atoms with Gasteiger partial charge in [-0.2, -0.15) is 0 Å². The molecule has 0 spiro atoms. The molecule has 0 radical (unpaired) electrons. The first-order chi connectivity index (χ1) is 11.2. The lowest BCUT2D eigenvalue weighted by molar-refractivity contribution is -0.152. The second-order valence-corrected chi connectivity index (χ2v) is 5.12. The number of allylic oxidation sites excluding steroid dienone is 5. The molecule has 0 amide bonds. The topological polar surface area (TPSA) is 173 Å². The van der Waals surface area contributed by atoms with Crippen molar-refractivity contribution < 1.29 is 45.0 Å². The predicted molar refractivity (Wildman–Crippen MR) is 78.6 cm³/mol. The second kappa shape index (κ2) is 8.62. The number of hydrogen-bond donors (Lipinski definition) is 6. The van der Waals surface area contributed by atoms with Crippen LogP contribution in [-0.2, 0) is 14.4 Å². The van der Waals surface area contributed by atoms with Gasteiger partial charge in [-0.1, -0.05) is 12.2 Å². The fourth-order valence-corrected chi connectivity index (χ4v) is 1.84. The van der Waals surface area contributed by atoms with Crippen LogP contribution in [0.2, 0.25) is 0 Å². The number of Topliss-reactive ketones (excluding diaryl/α,β-unsaturated/α-hetero) is 1. The summed E-state index contributed by atoms with van der Waals surface area (Å²) in [6, 6.07) is 0. The normalized spacial score (nSPS) is 22.8. The SMILES string of the molecule is O=C(C=CC1C=CC(O)=CC1=O)C(=O)[C@H](O)[C@@H](O)[C@H](O)[C@H](O)CO. The predicted octanol–water partition coefficient (Wildman–Crippen LogP) is -2.69. The third kappa shape index (κ3) is 4.91. The summed E-state index contributed by atoms with van der Waals surface area (Å²) < 4.78 is 0. The number of hydrogen-bond acceptors (Lipinski definition) is 9. The molecule has 0 aromatic rings. The van der Waals surface area contributed by atoms with Gasteiger partial charge in [0.25, 0.3) is 0 Å². The van der Waals surface area contributed by atoms with Gasteiger partial charge < -0.3 is 30.6 Å². The summed E-state index contributed by atoms with van der Waals surface area (Å²) in [6.07, 6.45) is -3.11. The van der Waals surface area contributed by atoms with Crippen molar-refractivity contribution in [2.24, 2.45) is 5.92 Å². The molecule has 0 aromatic heterocycles. The zero-order chi connectivity index (χ0) is 18.4. The fourth-order valence-electron chi connectivity index (χ4n) is 1.84. The van der Waals surface area contributed by atoms with E-state index in [0.717, 1.165) is 18.2 Å². The zero-order valence-corrected chi connectivity index (χ0v) is 12.4. The highest BCUT2D eigenvalue weighted by atomic mass is 16.4. The van der Waals surface area contributed by atoms with Gasteiger partial charge in [-0.15, -0.1) is 0 Å². The minimum Gasteiger partial charge on any atom is -0.508 e. The molecule has 0 fully saturated rings. The van der Waals surface area contributed by atoms with Crippen molar-refractivity contribution in [3.63, 3.8) is 0 Å². The lowest BCUT2D eigenvalue weighted by Crippen LogP contribution is -2.50. The molecular formula is C15H18O9. The second-order valence-electron chi connectivity index (χ2n) is 5.12. The van der Waals surface area contributed by atoms with E-state index in [1.807, 2.05) is 0 Å². The molecule has 0 aromatic carbocycles. The molecule has 0 saturated carbocycles. The molecule has 1 unspecified atom stereocenters. The average Bonchev–Trinajstić information content (AvgIpc) is 2.57. The van der Waals surface area contributed by atoms with E-state index in [4.69, 9.17) is 15.3 Å². The highest BCUT2D eigenvalue weighted by Gasteiger charge is 2.36. The maximum Gasteiger partial charge on any atom is 0.233 e. The molecule has 0 saturated heterocycles. The lowest BCUT2D eigenvalue weighted by atomic mass is 9.95. The summed E-state index contributed by atoms with van der Waals surface area (Å²) in [6.45, 7) is -0.927. The van der Waals surface area contributed by atoms with Gasteiger partial charge in [-0.25, -0.2) is 0 Å². The molecule has 9 heteroatoms. The molecular weight excluding hydrogens is 324 g/mol. The quantitative estimate of drug-likeness (QED) is 0.203. The van der Waals surface area contributed by atoms with E-state index in [2.05, 4.69) is 0 Å². The van der Waals surface area contributed by atoms with Crippen molar-refractivity contribution in [2.45, 2.75) is 24.4 Å². The average molecular weight is 342 g/mol. The van der Waals surface area contributed by atoms with Crippen molar-refractivity contribution in [1.82, 2.24) is 0 Å². The van der Waals surface area contributed by atoms with Crippen LogP contribution in [0.4, 0.5) is 0 Å². The standard InChI is InChI=1S/C15H18O9/c16-6-11(20)13(22)15(24)14(23)12(21)9(18)4-2-7-1-3-8(17)5-10(7)19/h1-5,7,11,13-17,20,22-24H,6H2/t7?,11-,13-,14+,15+/m1/s1. The summed E-state index contributed by atoms with van der Waals surface area (Å²) in [5, 5.41) is 55.4. The first kappa shape index (κ1) is 19.9. The Morgan fingerprint density at radius 1 is 1.17 bits per heavy atom. The van der Waals surface area contributed by atoms with E-state index in [9.17, 15) is 29.7 Å². The number of carbonyl (C=O) groups excluding carboxylic acids is 3. The van der Waals surface area contributed by atoms with E-state index < -0.39 is 54.3 Å². The summed E-state index contributed by atoms with van der Waals surface area (Å²) in [5.74, 6) is -4.35. The number of ketones is 3. The minimum absolute atomic E-state index is 0.248. The van der Waals surface area contributed by atoms with Crippen LogP contribution < -0.4 is 0 Å². The van der Waals surface area contributed by atoms with Crippen molar-refractivity contribution >= 4 is 17.3 Å². The van der Waals surface area contributed by atoms with E-state index in [-0.39, 0.29) is 5.76 Å². The lowest BCUT2D eigenvalue weighted by Gasteiger charge is -2.24. The van der Waals surface area contributed by atoms with E-state index in [1.165, 1.54) is 12.2 Å². The molecule has 0 heterocycles. The fraction of sp³-hybridized carbons (Fsp3) is 0.400. The van der Waals surface area contributed by atoms with Gasteiger partial charge in [0.2, 0.25) is 11.6 Å². The number of carbonyl (C=O) groups is 3. The Labute approximate surface area is 136 Å². The molecule has 6 N–H and O–H groups in total. The Hall–Kier alpha value is -2.17. The molecule has 5 atom stereocenters.